The summed E-state index contributed by atoms with van der Waals surface area (Å²) in [7, 11) is 0. The number of aromatic nitrogens is 5. The Hall–Kier alpha value is -8.61. The fourth-order valence-corrected chi connectivity index (χ4v) is 9.51. The van der Waals surface area contributed by atoms with E-state index in [1.165, 1.54) is 16.3 Å². The normalized spacial score (nSPS) is 11.8. The molecule has 0 aliphatic heterocycles. The van der Waals surface area contributed by atoms with Crippen LogP contribution < -0.4 is 0 Å². The molecule has 0 fully saturated rings. The molecule has 0 unspecified atom stereocenters. The van der Waals surface area contributed by atoms with Gasteiger partial charge in [-0.05, 0) is 72.3 Å². The average Bonchev–Trinajstić information content (AvgIpc) is 4.02. The smallest absolute Gasteiger partial charge is 0.164 e. The van der Waals surface area contributed by atoms with Gasteiger partial charge in [0.05, 0.1) is 27.5 Å². The van der Waals surface area contributed by atoms with E-state index in [9.17, 15) is 0 Å². The van der Waals surface area contributed by atoms with Crippen molar-refractivity contribution in [1.82, 2.24) is 24.1 Å². The summed E-state index contributed by atoms with van der Waals surface area (Å²) < 4.78 is 11.6. The molecule has 4 heterocycles. The van der Waals surface area contributed by atoms with Crippen LogP contribution in [0, 0.1) is 0 Å². The highest BCUT2D eigenvalue weighted by molar-refractivity contribution is 6.27. The number of hydrogen-bond acceptors (Lipinski definition) is 4. The van der Waals surface area contributed by atoms with Gasteiger partial charge in [-0.15, -0.1) is 0 Å². The average molecular weight is 806 g/mol. The van der Waals surface area contributed by atoms with Crippen molar-refractivity contribution in [3.63, 3.8) is 0 Å². The lowest BCUT2D eigenvalue weighted by Gasteiger charge is -2.14. The van der Waals surface area contributed by atoms with Gasteiger partial charge in [-0.25, -0.2) is 15.0 Å². The molecule has 0 radical (unpaired) electrons. The second-order valence-corrected chi connectivity index (χ2v) is 16.0. The van der Waals surface area contributed by atoms with Crippen LogP contribution in [0.25, 0.3) is 122 Å². The Morgan fingerprint density at radius 1 is 0.333 bits per heavy atom. The highest BCUT2D eigenvalue weighted by Gasteiger charge is 2.24. The Kier molecular flexibility index (Phi) is 7.80. The minimum atomic E-state index is 0.614. The van der Waals surface area contributed by atoms with Gasteiger partial charge in [-0.2, -0.15) is 0 Å². The molecule has 0 aliphatic carbocycles. The summed E-state index contributed by atoms with van der Waals surface area (Å²) in [5.41, 5.74) is 13.4. The molecule has 0 N–H and O–H groups in total. The number of benzene rings is 9. The lowest BCUT2D eigenvalue weighted by molar-refractivity contribution is 0.673. The lowest BCUT2D eigenvalue weighted by atomic mass is 9.97. The first-order valence-electron chi connectivity index (χ1n) is 21.2. The second-order valence-electron chi connectivity index (χ2n) is 16.0. The maximum Gasteiger partial charge on any atom is 0.164 e. The van der Waals surface area contributed by atoms with Crippen molar-refractivity contribution in [3.05, 3.63) is 212 Å². The van der Waals surface area contributed by atoms with Gasteiger partial charge in [0.2, 0.25) is 0 Å². The molecule has 0 bridgehead atoms. The third-order valence-electron chi connectivity index (χ3n) is 12.4. The fraction of sp³-hybridized carbons (Fsp3) is 0. The largest absolute Gasteiger partial charge is 0.455 e. The molecule has 0 atom stereocenters. The van der Waals surface area contributed by atoms with Crippen molar-refractivity contribution in [3.8, 4) is 56.7 Å². The van der Waals surface area contributed by atoms with E-state index >= 15 is 0 Å². The maximum absolute atomic E-state index is 6.83. The monoisotopic (exact) mass is 805 g/mol. The summed E-state index contributed by atoms with van der Waals surface area (Å²) in [5, 5.41) is 6.83. The number of rotatable bonds is 6. The van der Waals surface area contributed by atoms with E-state index in [1.54, 1.807) is 0 Å². The summed E-state index contributed by atoms with van der Waals surface area (Å²) in [6.07, 6.45) is 0. The standard InChI is InChI=1S/C57H35N5O/c1-4-16-36(17-5-1)55-58-56(37-18-6-2-7-19-37)60-57(59-55)38-28-31-41(32-29-38)62-49-26-14-11-24-45(49)52-53(62)46(35-47-44-23-12-15-27-51(44)63-54(47)52)39-30-33-43-42-22-10-13-25-48(42)61(50(43)34-39)40-20-8-3-9-21-40/h1-35H. The van der Waals surface area contributed by atoms with Gasteiger partial charge in [0.25, 0.3) is 0 Å². The number of nitrogens with zero attached hydrogens (tertiary/aromatic N) is 5. The van der Waals surface area contributed by atoms with Gasteiger partial charge in [0.1, 0.15) is 11.2 Å². The number of furan rings is 1. The van der Waals surface area contributed by atoms with Gasteiger partial charge < -0.3 is 13.6 Å². The van der Waals surface area contributed by atoms with Crippen molar-refractivity contribution in [2.75, 3.05) is 0 Å². The topological polar surface area (TPSA) is 61.7 Å². The molecule has 0 saturated carbocycles. The third kappa shape index (κ3) is 5.55. The molecule has 9 aromatic carbocycles. The maximum atomic E-state index is 6.83. The Balaban J connectivity index is 1.06. The number of fused-ring (bicyclic) bond motifs is 10. The summed E-state index contributed by atoms with van der Waals surface area (Å²) in [6.45, 7) is 0. The first kappa shape index (κ1) is 35.2. The first-order chi connectivity index (χ1) is 31.2. The Morgan fingerprint density at radius 2 is 0.825 bits per heavy atom. The van der Waals surface area contributed by atoms with Crippen LogP contribution in [-0.2, 0) is 0 Å². The van der Waals surface area contributed by atoms with Gasteiger partial charge in [-0.3, -0.25) is 0 Å². The van der Waals surface area contributed by atoms with Gasteiger partial charge in [0.15, 0.2) is 17.5 Å². The molecule has 13 aromatic rings. The Bertz CT molecular complexity index is 3830. The van der Waals surface area contributed by atoms with Crippen LogP contribution in [0.2, 0.25) is 0 Å². The lowest BCUT2D eigenvalue weighted by Crippen LogP contribution is -2.00. The third-order valence-corrected chi connectivity index (χ3v) is 12.4. The second kappa shape index (κ2) is 14.0. The van der Waals surface area contributed by atoms with Crippen molar-refractivity contribution >= 4 is 65.6 Å². The van der Waals surface area contributed by atoms with Crippen LogP contribution in [0.1, 0.15) is 0 Å². The number of para-hydroxylation sites is 4. The Morgan fingerprint density at radius 3 is 1.49 bits per heavy atom. The quantitative estimate of drug-likeness (QED) is 0.168. The summed E-state index contributed by atoms with van der Waals surface area (Å²) in [6, 6.07) is 74.5. The molecule has 0 spiro atoms. The molecular formula is C57H35N5O. The highest BCUT2D eigenvalue weighted by Crippen LogP contribution is 2.46. The number of hydrogen-bond donors (Lipinski definition) is 0. The molecular weight excluding hydrogens is 771 g/mol. The van der Waals surface area contributed by atoms with Gasteiger partial charge in [-0.1, -0.05) is 146 Å². The zero-order chi connectivity index (χ0) is 41.4. The first-order valence-corrected chi connectivity index (χ1v) is 21.2. The van der Waals surface area contributed by atoms with Crippen molar-refractivity contribution in [2.24, 2.45) is 0 Å². The molecule has 6 nitrogen and oxygen atoms in total. The van der Waals surface area contributed by atoms with Crippen LogP contribution in [0.4, 0.5) is 0 Å². The predicted octanol–water partition coefficient (Wildman–Crippen LogP) is 14.6. The molecule has 13 rings (SSSR count). The molecule has 0 amide bonds. The Labute approximate surface area is 361 Å². The fourth-order valence-electron chi connectivity index (χ4n) is 9.51. The van der Waals surface area contributed by atoms with E-state index in [4.69, 9.17) is 19.4 Å². The van der Waals surface area contributed by atoms with E-state index in [0.29, 0.717) is 17.5 Å². The molecule has 0 aliphatic rings. The van der Waals surface area contributed by atoms with Crippen LogP contribution in [0.15, 0.2) is 217 Å². The molecule has 63 heavy (non-hydrogen) atoms. The van der Waals surface area contributed by atoms with Crippen LogP contribution in [0.3, 0.4) is 0 Å². The predicted molar refractivity (Wildman–Crippen MR) is 258 cm³/mol. The van der Waals surface area contributed by atoms with Crippen LogP contribution in [0.5, 0.6) is 0 Å². The molecule has 4 aromatic heterocycles. The molecule has 0 saturated heterocycles. The highest BCUT2D eigenvalue weighted by atomic mass is 16.3. The van der Waals surface area contributed by atoms with Gasteiger partial charge in [0, 0.05) is 60.6 Å². The van der Waals surface area contributed by atoms with Crippen molar-refractivity contribution < 1.29 is 4.42 Å². The minimum absolute atomic E-state index is 0.614. The van der Waals surface area contributed by atoms with E-state index in [2.05, 4.69) is 155 Å². The van der Waals surface area contributed by atoms with E-state index < -0.39 is 0 Å². The zero-order valence-corrected chi connectivity index (χ0v) is 33.9. The van der Waals surface area contributed by atoms with E-state index in [1.807, 2.05) is 66.7 Å². The molecule has 6 heteroatoms. The van der Waals surface area contributed by atoms with Crippen molar-refractivity contribution in [1.29, 1.82) is 0 Å². The summed E-state index contributed by atoms with van der Waals surface area (Å²) in [5.74, 6) is 1.88. The van der Waals surface area contributed by atoms with E-state index in [-0.39, 0.29) is 0 Å². The summed E-state index contributed by atoms with van der Waals surface area (Å²) >= 11 is 0. The SMILES string of the molecule is c1ccc(-c2nc(-c3ccccc3)nc(-c3ccc(-n4c5ccccc5c5c6oc7ccccc7c6cc(-c6ccc7c8ccccc8n(-c8ccccc8)c7c6)c54)cc3)n2)cc1. The van der Waals surface area contributed by atoms with Crippen LogP contribution in [-0.4, -0.2) is 24.1 Å². The zero-order valence-electron chi connectivity index (χ0n) is 33.9. The van der Waals surface area contributed by atoms with Crippen molar-refractivity contribution in [2.45, 2.75) is 0 Å². The van der Waals surface area contributed by atoms with Gasteiger partial charge >= 0.3 is 0 Å². The molecule has 294 valence electrons. The van der Waals surface area contributed by atoms with Crippen LogP contribution >= 0.6 is 0 Å². The van der Waals surface area contributed by atoms with E-state index in [0.717, 1.165) is 88.5 Å². The summed E-state index contributed by atoms with van der Waals surface area (Å²) in [4.78, 5) is 15.0. The minimum Gasteiger partial charge on any atom is -0.455 e.